The molecule has 170 valence electrons. The van der Waals surface area contributed by atoms with E-state index in [1.54, 1.807) is 45.3 Å². The van der Waals surface area contributed by atoms with Crippen LogP contribution in [-0.2, 0) is 9.59 Å². The molecule has 1 aromatic heterocycles. The maximum atomic E-state index is 13.4. The summed E-state index contributed by atoms with van der Waals surface area (Å²) < 4.78 is 5.55. The predicted molar refractivity (Wildman–Crippen MR) is 132 cm³/mol. The van der Waals surface area contributed by atoms with Gasteiger partial charge in [0.25, 0.3) is 5.91 Å². The minimum atomic E-state index is -0.797. The lowest BCUT2D eigenvalue weighted by molar-refractivity contribution is -0.123. The molecule has 1 N–H and O–H groups in total. The molecule has 0 aliphatic carbocycles. The van der Waals surface area contributed by atoms with Crippen molar-refractivity contribution < 1.29 is 19.4 Å². The first-order valence-electron chi connectivity index (χ1n) is 10.7. The Kier molecular flexibility index (Phi) is 5.89. The van der Waals surface area contributed by atoms with Crippen LogP contribution in [0.15, 0.2) is 71.3 Å². The summed E-state index contributed by atoms with van der Waals surface area (Å²) in [5.74, 6) is -0.849. The molecule has 0 saturated heterocycles. The summed E-state index contributed by atoms with van der Waals surface area (Å²) in [5, 5.41) is 13.0. The number of para-hydroxylation sites is 1. The highest BCUT2D eigenvalue weighted by molar-refractivity contribution is 7.10. The SMILES string of the molecule is COc1ccccc1C1C(C(=O)C(C)(C)C)=C(O)C(=O)N1c1ccc(-c2csc(C)c2)cc1. The van der Waals surface area contributed by atoms with Crippen LogP contribution in [0.2, 0.25) is 0 Å². The summed E-state index contributed by atoms with van der Waals surface area (Å²) >= 11 is 1.68. The minimum Gasteiger partial charge on any atom is -0.503 e. The van der Waals surface area contributed by atoms with Crippen molar-refractivity contribution in [2.24, 2.45) is 5.41 Å². The smallest absolute Gasteiger partial charge is 0.294 e. The van der Waals surface area contributed by atoms with Gasteiger partial charge in [-0.15, -0.1) is 11.3 Å². The van der Waals surface area contributed by atoms with E-state index in [0.29, 0.717) is 17.0 Å². The number of aliphatic hydroxyl groups excluding tert-OH is 1. The zero-order valence-corrected chi connectivity index (χ0v) is 20.2. The molecule has 33 heavy (non-hydrogen) atoms. The van der Waals surface area contributed by atoms with Crippen LogP contribution < -0.4 is 9.64 Å². The van der Waals surface area contributed by atoms with Crippen LogP contribution in [0.5, 0.6) is 5.75 Å². The van der Waals surface area contributed by atoms with Crippen molar-refractivity contribution in [2.45, 2.75) is 33.7 Å². The number of nitrogens with zero attached hydrogens (tertiary/aromatic N) is 1. The summed E-state index contributed by atoms with van der Waals surface area (Å²) in [7, 11) is 1.55. The molecule has 2 heterocycles. The van der Waals surface area contributed by atoms with E-state index in [2.05, 4.69) is 18.4 Å². The highest BCUT2D eigenvalue weighted by Crippen LogP contribution is 2.46. The fourth-order valence-electron chi connectivity index (χ4n) is 4.10. The first kappa shape index (κ1) is 22.8. The van der Waals surface area contributed by atoms with Gasteiger partial charge in [-0.1, -0.05) is 51.1 Å². The lowest BCUT2D eigenvalue weighted by Gasteiger charge is -2.30. The van der Waals surface area contributed by atoms with Crippen molar-refractivity contribution in [3.8, 4) is 16.9 Å². The number of benzene rings is 2. The van der Waals surface area contributed by atoms with E-state index in [1.807, 2.05) is 42.5 Å². The number of hydrogen-bond acceptors (Lipinski definition) is 5. The number of Topliss-reactive ketones (excluding diaryl/α,β-unsaturated/α-hetero) is 1. The largest absolute Gasteiger partial charge is 0.503 e. The zero-order valence-electron chi connectivity index (χ0n) is 19.4. The molecule has 0 radical (unpaired) electrons. The van der Waals surface area contributed by atoms with Crippen LogP contribution in [0.3, 0.4) is 0 Å². The van der Waals surface area contributed by atoms with Gasteiger partial charge in [-0.2, -0.15) is 0 Å². The van der Waals surface area contributed by atoms with Crippen LogP contribution in [0.1, 0.15) is 37.3 Å². The molecule has 6 heteroatoms. The summed E-state index contributed by atoms with van der Waals surface area (Å²) in [6.45, 7) is 7.39. The maximum absolute atomic E-state index is 13.4. The average molecular weight is 462 g/mol. The number of ether oxygens (including phenoxy) is 1. The first-order chi connectivity index (χ1) is 15.6. The Morgan fingerprint density at radius 3 is 2.30 bits per heavy atom. The molecular weight excluding hydrogens is 434 g/mol. The van der Waals surface area contributed by atoms with Crippen LogP contribution in [0.25, 0.3) is 11.1 Å². The van der Waals surface area contributed by atoms with E-state index in [4.69, 9.17) is 4.74 Å². The van der Waals surface area contributed by atoms with E-state index >= 15 is 0 Å². The molecule has 1 unspecified atom stereocenters. The molecule has 0 saturated carbocycles. The Morgan fingerprint density at radius 1 is 1.06 bits per heavy atom. The molecule has 1 aliphatic rings. The Labute approximate surface area is 197 Å². The summed E-state index contributed by atoms with van der Waals surface area (Å²) in [4.78, 5) is 29.4. The number of methoxy groups -OCH3 is 1. The number of rotatable bonds is 5. The third kappa shape index (κ3) is 4.07. The molecule has 5 nitrogen and oxygen atoms in total. The Balaban J connectivity index is 1.84. The van der Waals surface area contributed by atoms with Crippen LogP contribution in [0, 0.1) is 12.3 Å². The van der Waals surface area contributed by atoms with E-state index in [1.165, 1.54) is 9.78 Å². The van der Waals surface area contributed by atoms with Gasteiger partial charge in [-0.25, -0.2) is 0 Å². The number of aryl methyl sites for hydroxylation is 1. The molecule has 2 aromatic carbocycles. The van der Waals surface area contributed by atoms with Crippen molar-refractivity contribution in [1.29, 1.82) is 0 Å². The van der Waals surface area contributed by atoms with E-state index in [9.17, 15) is 14.7 Å². The lowest BCUT2D eigenvalue weighted by atomic mass is 9.82. The highest BCUT2D eigenvalue weighted by Gasteiger charge is 2.47. The van der Waals surface area contributed by atoms with Crippen molar-refractivity contribution in [1.82, 2.24) is 0 Å². The van der Waals surface area contributed by atoms with E-state index < -0.39 is 23.1 Å². The molecule has 1 aliphatic heterocycles. The molecule has 1 atom stereocenters. The number of amides is 1. The third-order valence-electron chi connectivity index (χ3n) is 5.78. The summed E-state index contributed by atoms with van der Waals surface area (Å²) in [6.07, 6.45) is 0. The van der Waals surface area contributed by atoms with E-state index in [-0.39, 0.29) is 11.4 Å². The lowest BCUT2D eigenvalue weighted by Crippen LogP contribution is -2.33. The van der Waals surface area contributed by atoms with Crippen molar-refractivity contribution in [3.63, 3.8) is 0 Å². The van der Waals surface area contributed by atoms with Crippen molar-refractivity contribution >= 4 is 28.7 Å². The Hall–Kier alpha value is -3.38. The molecule has 4 rings (SSSR count). The number of carbonyl (C=O) groups is 2. The molecular formula is C27H27NO4S. The normalized spacial score (nSPS) is 16.5. The minimum absolute atomic E-state index is 0.0922. The third-order valence-corrected chi connectivity index (χ3v) is 6.64. The fraction of sp³-hybridized carbons (Fsp3) is 0.259. The number of carbonyl (C=O) groups excluding carboxylic acids is 2. The monoisotopic (exact) mass is 461 g/mol. The summed E-state index contributed by atoms with van der Waals surface area (Å²) in [5.41, 5.74) is 2.70. The maximum Gasteiger partial charge on any atom is 0.294 e. The van der Waals surface area contributed by atoms with Gasteiger partial charge in [0.1, 0.15) is 5.75 Å². The van der Waals surface area contributed by atoms with Gasteiger partial charge >= 0.3 is 0 Å². The summed E-state index contributed by atoms with van der Waals surface area (Å²) in [6, 6.07) is 16.2. The number of ketones is 1. The fourth-order valence-corrected chi connectivity index (χ4v) is 4.82. The first-order valence-corrected chi connectivity index (χ1v) is 11.6. The molecule has 0 spiro atoms. The van der Waals surface area contributed by atoms with Gasteiger partial charge in [-0.05, 0) is 47.7 Å². The number of aliphatic hydroxyl groups is 1. The highest BCUT2D eigenvalue weighted by atomic mass is 32.1. The quantitative estimate of drug-likeness (QED) is 0.488. The van der Waals surface area contributed by atoms with Gasteiger partial charge in [0.2, 0.25) is 0 Å². The van der Waals surface area contributed by atoms with Crippen molar-refractivity contribution in [3.05, 3.63) is 81.8 Å². The van der Waals surface area contributed by atoms with Crippen LogP contribution in [-0.4, -0.2) is 23.9 Å². The second-order valence-corrected chi connectivity index (χ2v) is 10.3. The van der Waals surface area contributed by atoms with Gasteiger partial charge in [-0.3, -0.25) is 14.5 Å². The molecule has 1 amide bonds. The topological polar surface area (TPSA) is 66.8 Å². The van der Waals surface area contributed by atoms with E-state index in [0.717, 1.165) is 11.1 Å². The van der Waals surface area contributed by atoms with Gasteiger partial charge < -0.3 is 9.84 Å². The number of anilines is 1. The van der Waals surface area contributed by atoms with Gasteiger partial charge in [0, 0.05) is 21.5 Å². The average Bonchev–Trinajstić information content (AvgIpc) is 3.34. The standard InChI is InChI=1S/C27H27NO4S/c1-16-14-18(15-33-16)17-10-12-19(13-11-17)28-23(20-8-6-7-9-21(20)32-5)22(24(29)26(28)31)25(30)27(2,3)4/h6-15,23,29H,1-5H3. The predicted octanol–water partition coefficient (Wildman–Crippen LogP) is 6.25. The molecule has 0 bridgehead atoms. The second kappa shape index (κ2) is 8.52. The van der Waals surface area contributed by atoms with Gasteiger partial charge in [0.05, 0.1) is 18.7 Å². The second-order valence-electron chi connectivity index (χ2n) is 9.15. The van der Waals surface area contributed by atoms with Crippen molar-refractivity contribution in [2.75, 3.05) is 12.0 Å². The van der Waals surface area contributed by atoms with Crippen LogP contribution in [0.4, 0.5) is 5.69 Å². The molecule has 0 fully saturated rings. The number of thiophene rings is 1. The molecule has 3 aromatic rings. The Bertz CT molecular complexity index is 1250. The Morgan fingerprint density at radius 2 is 1.73 bits per heavy atom. The van der Waals surface area contributed by atoms with Crippen LogP contribution >= 0.6 is 11.3 Å². The zero-order chi connectivity index (χ0) is 23.9. The van der Waals surface area contributed by atoms with Gasteiger partial charge in [0.15, 0.2) is 11.5 Å². The number of hydrogen-bond donors (Lipinski definition) is 1.